The van der Waals surface area contributed by atoms with Gasteiger partial charge in [-0.1, -0.05) is 25.8 Å². The quantitative estimate of drug-likeness (QED) is 0.719. The summed E-state index contributed by atoms with van der Waals surface area (Å²) in [6.07, 6.45) is 11.2. The molecular formula is C16H27NO2. The standard InChI is InChI=1S/C16H27NO2/c1-2-3-4-14-11-15(14)5-6-16(18)17-12-13-7-9-19-10-8-13/h5-6,13-15H,2-4,7-12H2,1H3,(H,17,18)/b6-5+/t14-,15-/m1/s1. The highest BCUT2D eigenvalue weighted by Gasteiger charge is 2.33. The van der Waals surface area contributed by atoms with Gasteiger partial charge in [0.15, 0.2) is 0 Å². The van der Waals surface area contributed by atoms with Crippen molar-refractivity contribution in [2.75, 3.05) is 19.8 Å². The van der Waals surface area contributed by atoms with Crippen LogP contribution in [0.5, 0.6) is 0 Å². The van der Waals surface area contributed by atoms with E-state index in [1.807, 2.05) is 0 Å². The van der Waals surface area contributed by atoms with Crippen molar-refractivity contribution in [2.24, 2.45) is 17.8 Å². The summed E-state index contributed by atoms with van der Waals surface area (Å²) >= 11 is 0. The average Bonchev–Trinajstić information content (AvgIpc) is 3.20. The van der Waals surface area contributed by atoms with Crippen molar-refractivity contribution >= 4 is 5.91 Å². The zero-order chi connectivity index (χ0) is 13.5. The third-order valence-corrected chi connectivity index (χ3v) is 4.31. The molecule has 1 aliphatic carbocycles. The SMILES string of the molecule is CCCC[C@@H]1C[C@H]1/C=C/C(=O)NCC1CCOCC1. The molecule has 1 heterocycles. The van der Waals surface area contributed by atoms with Crippen molar-refractivity contribution in [3.63, 3.8) is 0 Å². The number of allylic oxidation sites excluding steroid dienone is 1. The van der Waals surface area contributed by atoms with Crippen molar-refractivity contribution in [1.82, 2.24) is 5.32 Å². The first-order chi connectivity index (χ1) is 9.29. The molecule has 1 N–H and O–H groups in total. The summed E-state index contributed by atoms with van der Waals surface area (Å²) in [5.41, 5.74) is 0. The molecule has 1 amide bonds. The summed E-state index contributed by atoms with van der Waals surface area (Å²) in [6.45, 7) is 4.72. The number of rotatable bonds is 7. The van der Waals surface area contributed by atoms with Crippen LogP contribution in [0.15, 0.2) is 12.2 Å². The van der Waals surface area contributed by atoms with Gasteiger partial charge in [-0.05, 0) is 49.5 Å². The summed E-state index contributed by atoms with van der Waals surface area (Å²) < 4.78 is 5.31. The van der Waals surface area contributed by atoms with Gasteiger partial charge in [0, 0.05) is 19.8 Å². The molecule has 0 bridgehead atoms. The predicted octanol–water partition coefficient (Wildman–Crippen LogP) is 2.91. The number of ether oxygens (including phenoxy) is 1. The van der Waals surface area contributed by atoms with Gasteiger partial charge in [-0.15, -0.1) is 0 Å². The molecule has 0 spiro atoms. The Morgan fingerprint density at radius 3 is 2.89 bits per heavy atom. The maximum atomic E-state index is 11.7. The molecule has 3 nitrogen and oxygen atoms in total. The fraction of sp³-hybridized carbons (Fsp3) is 0.812. The van der Waals surface area contributed by atoms with Crippen LogP contribution >= 0.6 is 0 Å². The smallest absolute Gasteiger partial charge is 0.243 e. The van der Waals surface area contributed by atoms with Crippen LogP contribution in [0.2, 0.25) is 0 Å². The number of unbranched alkanes of at least 4 members (excludes halogenated alkanes) is 1. The average molecular weight is 265 g/mol. The van der Waals surface area contributed by atoms with Gasteiger partial charge in [-0.25, -0.2) is 0 Å². The second-order valence-corrected chi connectivity index (χ2v) is 5.96. The highest BCUT2D eigenvalue weighted by atomic mass is 16.5. The van der Waals surface area contributed by atoms with Gasteiger partial charge < -0.3 is 10.1 Å². The Kier molecular flexibility index (Phi) is 5.90. The van der Waals surface area contributed by atoms with Gasteiger partial charge in [0.1, 0.15) is 0 Å². The molecule has 108 valence electrons. The van der Waals surface area contributed by atoms with Crippen LogP contribution in [0.1, 0.15) is 45.4 Å². The molecule has 2 fully saturated rings. The Balaban J connectivity index is 1.57. The molecule has 2 atom stereocenters. The Morgan fingerprint density at radius 2 is 2.16 bits per heavy atom. The van der Waals surface area contributed by atoms with Gasteiger partial charge in [0.2, 0.25) is 5.91 Å². The zero-order valence-electron chi connectivity index (χ0n) is 12.1. The van der Waals surface area contributed by atoms with Crippen LogP contribution in [-0.2, 0) is 9.53 Å². The fourth-order valence-electron chi connectivity index (χ4n) is 2.77. The molecule has 1 aliphatic heterocycles. The van der Waals surface area contributed by atoms with E-state index in [2.05, 4.69) is 18.3 Å². The number of hydrogen-bond acceptors (Lipinski definition) is 2. The molecule has 1 saturated heterocycles. The maximum Gasteiger partial charge on any atom is 0.243 e. The first-order valence-corrected chi connectivity index (χ1v) is 7.83. The van der Waals surface area contributed by atoms with Gasteiger partial charge in [-0.2, -0.15) is 0 Å². The van der Waals surface area contributed by atoms with E-state index in [1.54, 1.807) is 6.08 Å². The van der Waals surface area contributed by atoms with Crippen molar-refractivity contribution in [3.05, 3.63) is 12.2 Å². The highest BCUT2D eigenvalue weighted by molar-refractivity contribution is 5.87. The highest BCUT2D eigenvalue weighted by Crippen LogP contribution is 2.43. The molecule has 0 radical (unpaired) electrons. The number of amides is 1. The van der Waals surface area contributed by atoms with Gasteiger partial charge in [-0.3, -0.25) is 4.79 Å². The lowest BCUT2D eigenvalue weighted by Crippen LogP contribution is -2.31. The molecule has 2 aliphatic rings. The van der Waals surface area contributed by atoms with Crippen molar-refractivity contribution < 1.29 is 9.53 Å². The number of carbonyl (C=O) groups is 1. The molecule has 0 aromatic heterocycles. The van der Waals surface area contributed by atoms with Crippen molar-refractivity contribution in [3.8, 4) is 0 Å². The van der Waals surface area contributed by atoms with E-state index < -0.39 is 0 Å². The molecule has 19 heavy (non-hydrogen) atoms. The second-order valence-electron chi connectivity index (χ2n) is 5.96. The molecule has 3 heteroatoms. The van der Waals surface area contributed by atoms with E-state index in [4.69, 9.17) is 4.74 Å². The molecule has 1 saturated carbocycles. The minimum absolute atomic E-state index is 0.0765. The molecular weight excluding hydrogens is 238 g/mol. The second kappa shape index (κ2) is 7.68. The molecule has 2 rings (SSSR count). The third kappa shape index (κ3) is 5.35. The number of hydrogen-bond donors (Lipinski definition) is 1. The first-order valence-electron chi connectivity index (χ1n) is 7.83. The maximum absolute atomic E-state index is 11.7. The van der Waals surface area contributed by atoms with E-state index in [0.717, 1.165) is 38.5 Å². The summed E-state index contributed by atoms with van der Waals surface area (Å²) in [4.78, 5) is 11.7. The topological polar surface area (TPSA) is 38.3 Å². The minimum atomic E-state index is 0.0765. The van der Waals surface area contributed by atoms with Gasteiger partial charge >= 0.3 is 0 Å². The molecule has 0 unspecified atom stereocenters. The van der Waals surface area contributed by atoms with E-state index >= 15 is 0 Å². The summed E-state index contributed by atoms with van der Waals surface area (Å²) in [5.74, 6) is 2.19. The predicted molar refractivity (Wildman–Crippen MR) is 76.8 cm³/mol. The largest absolute Gasteiger partial charge is 0.381 e. The van der Waals surface area contributed by atoms with Crippen LogP contribution < -0.4 is 5.32 Å². The first kappa shape index (κ1) is 14.6. The van der Waals surface area contributed by atoms with Gasteiger partial charge in [0.25, 0.3) is 0 Å². The van der Waals surface area contributed by atoms with E-state index in [1.165, 1.54) is 25.7 Å². The lowest BCUT2D eigenvalue weighted by Gasteiger charge is -2.21. The third-order valence-electron chi connectivity index (χ3n) is 4.31. The van der Waals surface area contributed by atoms with E-state index in [0.29, 0.717) is 11.8 Å². The Morgan fingerprint density at radius 1 is 1.37 bits per heavy atom. The Bertz CT molecular complexity index is 308. The van der Waals surface area contributed by atoms with Crippen LogP contribution in [0.4, 0.5) is 0 Å². The summed E-state index contributed by atoms with van der Waals surface area (Å²) in [7, 11) is 0. The summed E-state index contributed by atoms with van der Waals surface area (Å²) in [5, 5.41) is 3.01. The van der Waals surface area contributed by atoms with Crippen LogP contribution in [0.3, 0.4) is 0 Å². The van der Waals surface area contributed by atoms with Crippen LogP contribution in [0, 0.1) is 17.8 Å². The van der Waals surface area contributed by atoms with Crippen molar-refractivity contribution in [1.29, 1.82) is 0 Å². The van der Waals surface area contributed by atoms with Crippen LogP contribution in [-0.4, -0.2) is 25.7 Å². The van der Waals surface area contributed by atoms with Gasteiger partial charge in [0.05, 0.1) is 0 Å². The monoisotopic (exact) mass is 265 g/mol. The Hall–Kier alpha value is -0.830. The fourth-order valence-corrected chi connectivity index (χ4v) is 2.77. The zero-order valence-corrected chi connectivity index (χ0v) is 12.1. The van der Waals surface area contributed by atoms with Crippen molar-refractivity contribution in [2.45, 2.75) is 45.4 Å². The summed E-state index contributed by atoms with van der Waals surface area (Å²) in [6, 6.07) is 0. The normalized spacial score (nSPS) is 27.6. The Labute approximate surface area is 116 Å². The van der Waals surface area contributed by atoms with E-state index in [-0.39, 0.29) is 5.91 Å². The lowest BCUT2D eigenvalue weighted by atomic mass is 10.0. The molecule has 0 aromatic carbocycles. The molecule has 0 aromatic rings. The van der Waals surface area contributed by atoms with E-state index in [9.17, 15) is 4.79 Å². The lowest BCUT2D eigenvalue weighted by molar-refractivity contribution is -0.116. The van der Waals surface area contributed by atoms with Crippen LogP contribution in [0.25, 0.3) is 0 Å². The minimum Gasteiger partial charge on any atom is -0.381 e. The number of carbonyl (C=O) groups excluding carboxylic acids is 1. The number of nitrogens with one attached hydrogen (secondary N) is 1.